The van der Waals surface area contributed by atoms with Crippen molar-refractivity contribution in [2.75, 3.05) is 0 Å². The molecule has 0 radical (unpaired) electrons. The van der Waals surface area contributed by atoms with Crippen LogP contribution in [0.5, 0.6) is 11.5 Å². The molecule has 0 aromatic heterocycles. The number of benzene rings is 2. The van der Waals surface area contributed by atoms with Gasteiger partial charge in [0.25, 0.3) is 0 Å². The normalized spacial score (nSPS) is 12.9. The molecule has 0 aliphatic carbocycles. The highest BCUT2D eigenvalue weighted by Gasteiger charge is 2.20. The molecule has 0 aliphatic heterocycles. The van der Waals surface area contributed by atoms with Gasteiger partial charge in [0.05, 0.1) is 0 Å². The van der Waals surface area contributed by atoms with E-state index in [1.165, 1.54) is 5.56 Å². The molecule has 22 heavy (non-hydrogen) atoms. The van der Waals surface area contributed by atoms with Crippen molar-refractivity contribution in [2.24, 2.45) is 5.73 Å². The van der Waals surface area contributed by atoms with E-state index in [4.69, 9.17) is 10.5 Å². The van der Waals surface area contributed by atoms with Gasteiger partial charge in [0, 0.05) is 6.04 Å². The lowest BCUT2D eigenvalue weighted by atomic mass is 9.80. The van der Waals surface area contributed by atoms with Gasteiger partial charge < -0.3 is 10.5 Å². The second-order valence-corrected chi connectivity index (χ2v) is 6.69. The van der Waals surface area contributed by atoms with Crippen molar-refractivity contribution in [1.82, 2.24) is 0 Å². The number of hydrogen-bond donors (Lipinski definition) is 1. The molecule has 0 bridgehead atoms. The summed E-state index contributed by atoms with van der Waals surface area (Å²) in [4.78, 5) is 0. The molecule has 1 atom stereocenters. The standard InChI is InChI=1S/C20H27NO/c1-16(21)8-7-15-20(2,3)17-11-13-19(14-12-17)22-18-9-5-4-6-10-18/h4-6,9-14,16H,7-8,15,21H2,1-3H3. The highest BCUT2D eigenvalue weighted by molar-refractivity contribution is 5.35. The first-order chi connectivity index (χ1) is 10.5. The van der Waals surface area contributed by atoms with Crippen LogP contribution < -0.4 is 10.5 Å². The van der Waals surface area contributed by atoms with Gasteiger partial charge in [0.1, 0.15) is 11.5 Å². The van der Waals surface area contributed by atoms with Crippen LogP contribution >= 0.6 is 0 Å². The minimum atomic E-state index is 0.167. The van der Waals surface area contributed by atoms with Crippen LogP contribution in [0.4, 0.5) is 0 Å². The van der Waals surface area contributed by atoms with Gasteiger partial charge in [-0.15, -0.1) is 0 Å². The molecule has 0 aliphatic rings. The molecule has 2 rings (SSSR count). The highest BCUT2D eigenvalue weighted by Crippen LogP contribution is 2.31. The van der Waals surface area contributed by atoms with Gasteiger partial charge in [-0.3, -0.25) is 0 Å². The zero-order valence-electron chi connectivity index (χ0n) is 13.9. The van der Waals surface area contributed by atoms with Crippen LogP contribution in [0.15, 0.2) is 54.6 Å². The molecule has 2 aromatic rings. The molecule has 0 fully saturated rings. The lowest BCUT2D eigenvalue weighted by Gasteiger charge is -2.26. The summed E-state index contributed by atoms with van der Waals surface area (Å²) in [6.07, 6.45) is 3.39. The second-order valence-electron chi connectivity index (χ2n) is 6.69. The van der Waals surface area contributed by atoms with Gasteiger partial charge in [-0.1, -0.05) is 50.6 Å². The van der Waals surface area contributed by atoms with Crippen LogP contribution in [-0.2, 0) is 5.41 Å². The summed E-state index contributed by atoms with van der Waals surface area (Å²) in [6.45, 7) is 6.66. The van der Waals surface area contributed by atoms with Crippen LogP contribution in [0.1, 0.15) is 45.6 Å². The van der Waals surface area contributed by atoms with Crippen molar-refractivity contribution in [3.8, 4) is 11.5 Å². The van der Waals surface area contributed by atoms with Crippen molar-refractivity contribution < 1.29 is 4.74 Å². The highest BCUT2D eigenvalue weighted by atomic mass is 16.5. The molecule has 0 saturated carbocycles. The van der Waals surface area contributed by atoms with Gasteiger partial charge in [-0.05, 0) is 55.0 Å². The first-order valence-corrected chi connectivity index (χ1v) is 8.06. The number of nitrogens with two attached hydrogens (primary N) is 1. The molecule has 0 saturated heterocycles. The maximum absolute atomic E-state index is 5.84. The average Bonchev–Trinajstić information content (AvgIpc) is 2.48. The van der Waals surface area contributed by atoms with Crippen molar-refractivity contribution in [1.29, 1.82) is 0 Å². The Labute approximate surface area is 134 Å². The molecule has 0 heterocycles. The van der Waals surface area contributed by atoms with Gasteiger partial charge in [0.2, 0.25) is 0 Å². The summed E-state index contributed by atoms with van der Waals surface area (Å²) in [5.41, 5.74) is 7.35. The fraction of sp³-hybridized carbons (Fsp3) is 0.400. The molecular weight excluding hydrogens is 270 g/mol. The molecule has 1 unspecified atom stereocenters. The zero-order chi connectivity index (χ0) is 16.0. The quantitative estimate of drug-likeness (QED) is 0.755. The summed E-state index contributed by atoms with van der Waals surface area (Å²) < 4.78 is 5.84. The average molecular weight is 297 g/mol. The molecule has 2 N–H and O–H groups in total. The third-order valence-corrected chi connectivity index (χ3v) is 4.08. The lowest BCUT2D eigenvalue weighted by Crippen LogP contribution is -2.20. The summed E-state index contributed by atoms with van der Waals surface area (Å²) in [7, 11) is 0. The first-order valence-electron chi connectivity index (χ1n) is 8.06. The monoisotopic (exact) mass is 297 g/mol. The maximum Gasteiger partial charge on any atom is 0.127 e. The van der Waals surface area contributed by atoms with Crippen molar-refractivity contribution in [2.45, 2.75) is 51.5 Å². The SMILES string of the molecule is CC(N)CCCC(C)(C)c1ccc(Oc2ccccc2)cc1. The van der Waals surface area contributed by atoms with Crippen LogP contribution in [0.2, 0.25) is 0 Å². The molecule has 118 valence electrons. The second kappa shape index (κ2) is 7.46. The summed E-state index contributed by atoms with van der Waals surface area (Å²) in [6, 6.07) is 18.6. The van der Waals surface area contributed by atoms with Gasteiger partial charge >= 0.3 is 0 Å². The van der Waals surface area contributed by atoms with E-state index in [1.54, 1.807) is 0 Å². The minimum absolute atomic E-state index is 0.167. The van der Waals surface area contributed by atoms with Gasteiger partial charge in [-0.25, -0.2) is 0 Å². The smallest absolute Gasteiger partial charge is 0.127 e. The van der Waals surface area contributed by atoms with E-state index < -0.39 is 0 Å². The Bertz CT molecular complexity index is 558. The van der Waals surface area contributed by atoms with Crippen LogP contribution in [0, 0.1) is 0 Å². The lowest BCUT2D eigenvalue weighted by molar-refractivity contribution is 0.438. The van der Waals surface area contributed by atoms with Crippen LogP contribution in [0.25, 0.3) is 0 Å². The van der Waals surface area contributed by atoms with E-state index >= 15 is 0 Å². The largest absolute Gasteiger partial charge is 0.457 e. The summed E-state index contributed by atoms with van der Waals surface area (Å²) in [5, 5.41) is 0. The number of para-hydroxylation sites is 1. The van der Waals surface area contributed by atoms with Crippen LogP contribution in [-0.4, -0.2) is 6.04 Å². The third kappa shape index (κ3) is 4.88. The van der Waals surface area contributed by atoms with Crippen molar-refractivity contribution >= 4 is 0 Å². The van der Waals surface area contributed by atoms with E-state index in [9.17, 15) is 0 Å². The summed E-state index contributed by atoms with van der Waals surface area (Å²) in [5.74, 6) is 1.74. The Morgan fingerprint density at radius 2 is 1.55 bits per heavy atom. The zero-order valence-corrected chi connectivity index (χ0v) is 13.9. The fourth-order valence-corrected chi connectivity index (χ4v) is 2.61. The Morgan fingerprint density at radius 3 is 2.14 bits per heavy atom. The van der Waals surface area contributed by atoms with Crippen LogP contribution in [0.3, 0.4) is 0 Å². The summed E-state index contributed by atoms with van der Waals surface area (Å²) >= 11 is 0. The molecule has 2 heteroatoms. The molecular formula is C20H27NO. The predicted octanol–water partition coefficient (Wildman–Crippen LogP) is 5.27. The number of ether oxygens (including phenoxy) is 1. The van der Waals surface area contributed by atoms with Gasteiger partial charge in [0.15, 0.2) is 0 Å². The Morgan fingerprint density at radius 1 is 0.955 bits per heavy atom. The van der Waals surface area contributed by atoms with E-state index in [1.807, 2.05) is 30.3 Å². The van der Waals surface area contributed by atoms with E-state index in [2.05, 4.69) is 45.0 Å². The molecule has 0 spiro atoms. The molecule has 2 aromatic carbocycles. The first kappa shape index (κ1) is 16.6. The molecule has 2 nitrogen and oxygen atoms in total. The molecule has 0 amide bonds. The van der Waals surface area contributed by atoms with E-state index in [0.29, 0.717) is 0 Å². The van der Waals surface area contributed by atoms with E-state index in [0.717, 1.165) is 30.8 Å². The van der Waals surface area contributed by atoms with Gasteiger partial charge in [-0.2, -0.15) is 0 Å². The Kier molecular flexibility index (Phi) is 5.62. The fourth-order valence-electron chi connectivity index (χ4n) is 2.61. The third-order valence-electron chi connectivity index (χ3n) is 4.08. The topological polar surface area (TPSA) is 35.2 Å². The maximum atomic E-state index is 5.84. The van der Waals surface area contributed by atoms with Crippen molar-refractivity contribution in [3.63, 3.8) is 0 Å². The van der Waals surface area contributed by atoms with Crippen molar-refractivity contribution in [3.05, 3.63) is 60.2 Å². The Hall–Kier alpha value is -1.80. The van der Waals surface area contributed by atoms with E-state index in [-0.39, 0.29) is 11.5 Å². The minimum Gasteiger partial charge on any atom is -0.457 e. The number of rotatable bonds is 7. The number of hydrogen-bond acceptors (Lipinski definition) is 2. The predicted molar refractivity (Wildman–Crippen MR) is 93.5 cm³/mol. The Balaban J connectivity index is 1.98.